The van der Waals surface area contributed by atoms with E-state index in [-0.39, 0.29) is 17.5 Å². The summed E-state index contributed by atoms with van der Waals surface area (Å²) in [7, 11) is 0. The van der Waals surface area contributed by atoms with Gasteiger partial charge in [-0.05, 0) is 12.5 Å². The van der Waals surface area contributed by atoms with Gasteiger partial charge in [-0.25, -0.2) is 0 Å². The van der Waals surface area contributed by atoms with Gasteiger partial charge in [-0.2, -0.15) is 0 Å². The molecule has 3 rings (SSSR count). The minimum absolute atomic E-state index is 0.0477. The van der Waals surface area contributed by atoms with Crippen LogP contribution in [0.1, 0.15) is 24.0 Å². The van der Waals surface area contributed by atoms with Gasteiger partial charge in [-0.3, -0.25) is 14.9 Å². The lowest BCUT2D eigenvalue weighted by molar-refractivity contribution is -0.917. The van der Waals surface area contributed by atoms with Gasteiger partial charge in [0.15, 0.2) is 0 Å². The first-order chi connectivity index (χ1) is 12.5. The molecule has 1 aliphatic heterocycles. The summed E-state index contributed by atoms with van der Waals surface area (Å²) >= 11 is 0. The van der Waals surface area contributed by atoms with Crippen molar-refractivity contribution in [2.75, 3.05) is 26.2 Å². The lowest BCUT2D eigenvalue weighted by Crippen LogP contribution is -3.13. The van der Waals surface area contributed by atoms with Crippen molar-refractivity contribution < 1.29 is 14.6 Å². The number of amides is 1. The number of nitro groups is 1. The molecule has 1 N–H and O–H groups in total. The number of nitrogens with one attached hydrogen (secondary N) is 1. The number of nitrogens with zero attached hydrogens (tertiary/aromatic N) is 2. The van der Waals surface area contributed by atoms with Gasteiger partial charge in [0.25, 0.3) is 5.69 Å². The van der Waals surface area contributed by atoms with Crippen LogP contribution in [0.3, 0.4) is 0 Å². The molecule has 26 heavy (non-hydrogen) atoms. The molecule has 0 radical (unpaired) electrons. The van der Waals surface area contributed by atoms with Gasteiger partial charge in [0.05, 0.1) is 37.0 Å². The van der Waals surface area contributed by atoms with E-state index >= 15 is 0 Å². The summed E-state index contributed by atoms with van der Waals surface area (Å²) in [5.41, 5.74) is 2.19. The third kappa shape index (κ3) is 4.26. The summed E-state index contributed by atoms with van der Waals surface area (Å²) in [5, 5.41) is 10.8. The molecule has 1 atom stereocenters. The molecule has 1 amide bonds. The van der Waals surface area contributed by atoms with Crippen molar-refractivity contribution in [3.63, 3.8) is 0 Å². The van der Waals surface area contributed by atoms with Crippen molar-refractivity contribution in [3.05, 3.63) is 75.8 Å². The number of hydrogen-bond donors (Lipinski definition) is 1. The SMILES string of the molecule is C[C@H](C(=O)N1CC[NH+](Cc2ccccc2)CC1)c1ccc([N+](=O)[O-])cc1. The lowest BCUT2D eigenvalue weighted by atomic mass is 9.99. The molecule has 1 fully saturated rings. The van der Waals surface area contributed by atoms with Crippen molar-refractivity contribution >= 4 is 11.6 Å². The number of benzene rings is 2. The van der Waals surface area contributed by atoms with Crippen LogP contribution >= 0.6 is 0 Å². The smallest absolute Gasteiger partial charge is 0.269 e. The average Bonchev–Trinajstić information content (AvgIpc) is 2.68. The monoisotopic (exact) mass is 354 g/mol. The van der Waals surface area contributed by atoms with E-state index in [1.165, 1.54) is 22.6 Å². The van der Waals surface area contributed by atoms with Crippen molar-refractivity contribution in [2.24, 2.45) is 0 Å². The van der Waals surface area contributed by atoms with Gasteiger partial charge < -0.3 is 9.80 Å². The van der Waals surface area contributed by atoms with Gasteiger partial charge in [0, 0.05) is 17.7 Å². The van der Waals surface area contributed by atoms with E-state index < -0.39 is 4.92 Å². The van der Waals surface area contributed by atoms with Gasteiger partial charge >= 0.3 is 0 Å². The number of carbonyl (C=O) groups excluding carboxylic acids is 1. The van der Waals surface area contributed by atoms with E-state index in [2.05, 4.69) is 24.3 Å². The molecule has 0 aliphatic carbocycles. The van der Waals surface area contributed by atoms with E-state index in [9.17, 15) is 14.9 Å². The van der Waals surface area contributed by atoms with E-state index in [4.69, 9.17) is 0 Å². The molecule has 0 aromatic heterocycles. The molecule has 1 saturated heterocycles. The minimum atomic E-state index is -0.426. The molecular formula is C20H24N3O3+. The maximum absolute atomic E-state index is 12.8. The summed E-state index contributed by atoms with van der Waals surface area (Å²) in [6, 6.07) is 16.7. The molecule has 136 valence electrons. The van der Waals surface area contributed by atoms with E-state index in [0.29, 0.717) is 0 Å². The highest BCUT2D eigenvalue weighted by atomic mass is 16.6. The van der Waals surface area contributed by atoms with Crippen LogP contribution in [0.2, 0.25) is 0 Å². The predicted octanol–water partition coefficient (Wildman–Crippen LogP) is 1.63. The van der Waals surface area contributed by atoms with Crippen LogP contribution < -0.4 is 4.90 Å². The summed E-state index contributed by atoms with van der Waals surface area (Å²) in [6.07, 6.45) is 0. The van der Waals surface area contributed by atoms with Crippen LogP contribution in [-0.2, 0) is 11.3 Å². The van der Waals surface area contributed by atoms with Crippen LogP contribution in [0.15, 0.2) is 54.6 Å². The van der Waals surface area contributed by atoms with Crippen LogP contribution in [0.25, 0.3) is 0 Å². The fourth-order valence-corrected chi connectivity index (χ4v) is 3.41. The zero-order valence-electron chi connectivity index (χ0n) is 14.9. The van der Waals surface area contributed by atoms with E-state index in [1.807, 2.05) is 17.9 Å². The van der Waals surface area contributed by atoms with Gasteiger partial charge in [-0.15, -0.1) is 0 Å². The summed E-state index contributed by atoms with van der Waals surface area (Å²) in [6.45, 7) is 6.23. The number of piperazine rings is 1. The van der Waals surface area contributed by atoms with Crippen LogP contribution in [0, 0.1) is 10.1 Å². The summed E-state index contributed by atoms with van der Waals surface area (Å²) < 4.78 is 0. The van der Waals surface area contributed by atoms with E-state index in [0.717, 1.165) is 38.3 Å². The van der Waals surface area contributed by atoms with Gasteiger partial charge in [0.2, 0.25) is 5.91 Å². The number of non-ortho nitro benzene ring substituents is 1. The molecule has 6 nitrogen and oxygen atoms in total. The quantitative estimate of drug-likeness (QED) is 0.655. The molecule has 1 aliphatic rings. The lowest BCUT2D eigenvalue weighted by Gasteiger charge is -2.33. The number of rotatable bonds is 5. The maximum atomic E-state index is 12.8. The van der Waals surface area contributed by atoms with Gasteiger partial charge in [0.1, 0.15) is 6.54 Å². The van der Waals surface area contributed by atoms with Gasteiger partial charge in [-0.1, -0.05) is 42.5 Å². The largest absolute Gasteiger partial charge is 0.331 e. The highest BCUT2D eigenvalue weighted by Crippen LogP contribution is 2.21. The Morgan fingerprint density at radius 2 is 1.73 bits per heavy atom. The topological polar surface area (TPSA) is 67.9 Å². The highest BCUT2D eigenvalue weighted by Gasteiger charge is 2.27. The normalized spacial score (nSPS) is 16.3. The second kappa shape index (κ2) is 8.10. The first-order valence-corrected chi connectivity index (χ1v) is 8.95. The Morgan fingerprint density at radius 1 is 1.12 bits per heavy atom. The second-order valence-electron chi connectivity index (χ2n) is 6.81. The van der Waals surface area contributed by atoms with Crippen molar-refractivity contribution in [1.82, 2.24) is 4.90 Å². The van der Waals surface area contributed by atoms with Crippen molar-refractivity contribution in [3.8, 4) is 0 Å². The Bertz CT molecular complexity index is 754. The Morgan fingerprint density at radius 3 is 2.31 bits per heavy atom. The first kappa shape index (κ1) is 18.1. The molecular weight excluding hydrogens is 330 g/mol. The summed E-state index contributed by atoms with van der Waals surface area (Å²) in [5.74, 6) is -0.191. The molecule has 0 spiro atoms. The van der Waals surface area contributed by atoms with E-state index in [1.54, 1.807) is 12.1 Å². The zero-order chi connectivity index (χ0) is 18.5. The Hall–Kier alpha value is -2.73. The fraction of sp³-hybridized carbons (Fsp3) is 0.350. The Balaban J connectivity index is 1.55. The number of nitro benzene ring substituents is 1. The molecule has 0 unspecified atom stereocenters. The van der Waals surface area contributed by atoms with Crippen molar-refractivity contribution in [1.29, 1.82) is 0 Å². The summed E-state index contributed by atoms with van der Waals surface area (Å²) in [4.78, 5) is 26.5. The van der Waals surface area contributed by atoms with Crippen LogP contribution in [-0.4, -0.2) is 41.9 Å². The second-order valence-corrected chi connectivity index (χ2v) is 6.81. The molecule has 0 saturated carbocycles. The molecule has 2 aromatic carbocycles. The number of carbonyl (C=O) groups is 1. The standard InChI is InChI=1S/C20H23N3O3/c1-16(18-7-9-19(10-8-18)23(25)26)20(24)22-13-11-21(12-14-22)15-17-5-3-2-4-6-17/h2-10,16H,11-15H2,1H3/p+1/t16-/m0/s1. The maximum Gasteiger partial charge on any atom is 0.269 e. The highest BCUT2D eigenvalue weighted by molar-refractivity contribution is 5.83. The average molecular weight is 354 g/mol. The van der Waals surface area contributed by atoms with Crippen molar-refractivity contribution in [2.45, 2.75) is 19.4 Å². The predicted molar refractivity (Wildman–Crippen MR) is 98.9 cm³/mol. The van der Waals surface area contributed by atoms with Crippen LogP contribution in [0.5, 0.6) is 0 Å². The molecule has 0 bridgehead atoms. The zero-order valence-corrected chi connectivity index (χ0v) is 14.9. The third-order valence-electron chi connectivity index (χ3n) is 5.05. The number of hydrogen-bond acceptors (Lipinski definition) is 3. The van der Waals surface area contributed by atoms with Crippen LogP contribution in [0.4, 0.5) is 5.69 Å². The Kier molecular flexibility index (Phi) is 5.63. The third-order valence-corrected chi connectivity index (χ3v) is 5.05. The first-order valence-electron chi connectivity index (χ1n) is 8.95. The number of quaternary nitrogens is 1. The molecule has 6 heteroatoms. The molecule has 1 heterocycles. The molecule has 2 aromatic rings. The minimum Gasteiger partial charge on any atom is -0.331 e. The fourth-order valence-electron chi connectivity index (χ4n) is 3.41. The Labute approximate surface area is 153 Å².